The first kappa shape index (κ1) is 15.3. The smallest absolute Gasteiger partial charge is 0.249 e. The quantitative estimate of drug-likeness (QED) is 0.823. The first-order valence-corrected chi connectivity index (χ1v) is 6.93. The van der Waals surface area contributed by atoms with Gasteiger partial charge in [0, 0.05) is 31.9 Å². The molecule has 1 saturated heterocycles. The van der Waals surface area contributed by atoms with Crippen molar-refractivity contribution in [3.63, 3.8) is 0 Å². The van der Waals surface area contributed by atoms with Crippen molar-refractivity contribution in [1.82, 2.24) is 10.2 Å². The van der Waals surface area contributed by atoms with Crippen LogP contribution in [-0.4, -0.2) is 56.2 Å². The highest BCUT2D eigenvalue weighted by Gasteiger charge is 2.46. The van der Waals surface area contributed by atoms with E-state index in [1.54, 1.807) is 21.1 Å². The van der Waals surface area contributed by atoms with Crippen LogP contribution in [0.3, 0.4) is 0 Å². The van der Waals surface area contributed by atoms with Gasteiger partial charge in [-0.15, -0.1) is 0 Å². The van der Waals surface area contributed by atoms with E-state index in [4.69, 9.17) is 14.2 Å². The minimum atomic E-state index is -0.134. The van der Waals surface area contributed by atoms with Crippen molar-refractivity contribution in [1.29, 1.82) is 0 Å². The highest BCUT2D eigenvalue weighted by atomic mass is 16.6. The Hall–Kier alpha value is -1.11. The molecule has 0 spiro atoms. The van der Waals surface area contributed by atoms with E-state index < -0.39 is 0 Å². The van der Waals surface area contributed by atoms with E-state index in [1.807, 2.05) is 18.0 Å². The molecule has 2 aliphatic heterocycles. The van der Waals surface area contributed by atoms with Crippen LogP contribution in [0.4, 0.5) is 0 Å². The summed E-state index contributed by atoms with van der Waals surface area (Å²) in [5.41, 5.74) is 0.683. The van der Waals surface area contributed by atoms with E-state index in [9.17, 15) is 4.79 Å². The van der Waals surface area contributed by atoms with Gasteiger partial charge >= 0.3 is 0 Å². The molecule has 20 heavy (non-hydrogen) atoms. The lowest BCUT2D eigenvalue weighted by atomic mass is 10.0. The van der Waals surface area contributed by atoms with Gasteiger partial charge in [-0.3, -0.25) is 4.79 Å². The summed E-state index contributed by atoms with van der Waals surface area (Å²) < 4.78 is 16.8. The van der Waals surface area contributed by atoms with Crippen LogP contribution in [0.15, 0.2) is 11.8 Å². The molecule has 6 heteroatoms. The lowest BCUT2D eigenvalue weighted by molar-refractivity contribution is -0.125. The normalized spacial score (nSPS) is 37.9. The predicted octanol–water partition coefficient (Wildman–Crippen LogP) is 0.690. The number of rotatable bonds is 4. The molecule has 1 N–H and O–H groups in total. The first-order chi connectivity index (χ1) is 9.49. The molecule has 2 aliphatic rings. The zero-order valence-electron chi connectivity index (χ0n) is 12.8. The molecule has 0 bridgehead atoms. The van der Waals surface area contributed by atoms with Gasteiger partial charge in [-0.1, -0.05) is 6.92 Å². The van der Waals surface area contributed by atoms with Gasteiger partial charge in [0.2, 0.25) is 5.91 Å². The van der Waals surface area contributed by atoms with Gasteiger partial charge in [0.05, 0.1) is 12.7 Å². The van der Waals surface area contributed by atoms with Crippen molar-refractivity contribution in [3.05, 3.63) is 11.8 Å². The molecule has 6 nitrogen and oxygen atoms in total. The molecule has 0 aromatic carbocycles. The van der Waals surface area contributed by atoms with Crippen molar-refractivity contribution in [2.45, 2.75) is 45.4 Å². The summed E-state index contributed by atoms with van der Waals surface area (Å²) in [7, 11) is 3.35. The van der Waals surface area contributed by atoms with Crippen LogP contribution in [-0.2, 0) is 19.0 Å². The van der Waals surface area contributed by atoms with Crippen molar-refractivity contribution < 1.29 is 19.0 Å². The van der Waals surface area contributed by atoms with E-state index in [0.29, 0.717) is 12.2 Å². The predicted molar refractivity (Wildman–Crippen MR) is 73.7 cm³/mol. The average Bonchev–Trinajstić information content (AvgIpc) is 2.71. The summed E-state index contributed by atoms with van der Waals surface area (Å²) in [5.74, 6) is 0.151. The van der Waals surface area contributed by atoms with Gasteiger partial charge < -0.3 is 24.4 Å². The Morgan fingerprint density at radius 2 is 2.10 bits per heavy atom. The molecule has 0 aromatic heterocycles. The number of nitrogens with zero attached hydrogens (tertiary/aromatic N) is 1. The Bertz CT molecular complexity index is 399. The minimum Gasteiger partial charge on any atom is -0.382 e. The van der Waals surface area contributed by atoms with Gasteiger partial charge in [0.15, 0.2) is 0 Å². The van der Waals surface area contributed by atoms with E-state index >= 15 is 0 Å². The molecule has 114 valence electrons. The van der Waals surface area contributed by atoms with Gasteiger partial charge in [0.1, 0.15) is 18.5 Å². The molecule has 2 rings (SSSR count). The second-order valence-corrected chi connectivity index (χ2v) is 5.49. The highest BCUT2D eigenvalue weighted by Crippen LogP contribution is 2.33. The van der Waals surface area contributed by atoms with E-state index in [2.05, 4.69) is 12.2 Å². The number of amides is 1. The number of carbonyl (C=O) groups excluding carboxylic acids is 1. The third-order valence-electron chi connectivity index (χ3n) is 4.03. The van der Waals surface area contributed by atoms with Gasteiger partial charge in [0.25, 0.3) is 0 Å². The van der Waals surface area contributed by atoms with Crippen molar-refractivity contribution in [2.24, 2.45) is 5.92 Å². The van der Waals surface area contributed by atoms with Crippen LogP contribution in [0.1, 0.15) is 20.8 Å². The molecule has 5 atom stereocenters. The van der Waals surface area contributed by atoms with Crippen LogP contribution in [0.2, 0.25) is 0 Å². The van der Waals surface area contributed by atoms with E-state index in [-0.39, 0.29) is 36.4 Å². The van der Waals surface area contributed by atoms with Gasteiger partial charge in [-0.05, 0) is 13.8 Å². The Labute approximate surface area is 120 Å². The molecule has 1 amide bonds. The lowest BCUT2D eigenvalue weighted by Crippen LogP contribution is -2.53. The van der Waals surface area contributed by atoms with Crippen LogP contribution < -0.4 is 5.32 Å². The Balaban J connectivity index is 2.18. The Kier molecular flexibility index (Phi) is 4.67. The number of methoxy groups -OCH3 is 2. The zero-order valence-corrected chi connectivity index (χ0v) is 12.8. The molecule has 3 unspecified atom stereocenters. The molecule has 0 saturated carbocycles. The monoisotopic (exact) mass is 284 g/mol. The fourth-order valence-electron chi connectivity index (χ4n) is 2.95. The largest absolute Gasteiger partial charge is 0.382 e. The third kappa shape index (κ3) is 2.68. The molecule has 0 aromatic rings. The fourth-order valence-corrected chi connectivity index (χ4v) is 2.95. The maximum atomic E-state index is 11.6. The SMILES string of the molecule is COC[C@H]1O[C@@H](N2C=C(C)C(=O)NC2C)C(C)C1OC. The average molecular weight is 284 g/mol. The molecular weight excluding hydrogens is 260 g/mol. The number of hydrogen-bond acceptors (Lipinski definition) is 5. The van der Waals surface area contributed by atoms with Crippen LogP contribution in [0.25, 0.3) is 0 Å². The first-order valence-electron chi connectivity index (χ1n) is 6.93. The molecule has 2 heterocycles. The zero-order chi connectivity index (χ0) is 14.9. The van der Waals surface area contributed by atoms with E-state index in [1.165, 1.54) is 0 Å². The number of ether oxygens (including phenoxy) is 3. The molecular formula is C14H24N2O4. The third-order valence-corrected chi connectivity index (χ3v) is 4.03. The van der Waals surface area contributed by atoms with Gasteiger partial charge in [-0.25, -0.2) is 0 Å². The van der Waals surface area contributed by atoms with Crippen LogP contribution >= 0.6 is 0 Å². The second-order valence-electron chi connectivity index (χ2n) is 5.49. The van der Waals surface area contributed by atoms with Crippen LogP contribution in [0, 0.1) is 5.92 Å². The number of hydrogen-bond donors (Lipinski definition) is 1. The maximum Gasteiger partial charge on any atom is 0.249 e. The highest BCUT2D eigenvalue weighted by molar-refractivity contribution is 5.93. The summed E-state index contributed by atoms with van der Waals surface area (Å²) in [6.07, 6.45) is 1.53. The standard InChI is InChI=1S/C14H24N2O4/c1-8-6-16(10(3)15-13(8)17)14-9(2)12(19-5)11(20-14)7-18-4/h6,9-12,14H,7H2,1-5H3,(H,15,17)/t9?,10?,11-,12?,14-/m1/s1. The molecule has 0 aliphatic carbocycles. The number of nitrogens with one attached hydrogen (secondary N) is 1. The van der Waals surface area contributed by atoms with Crippen molar-refractivity contribution in [2.75, 3.05) is 20.8 Å². The topological polar surface area (TPSA) is 60.0 Å². The Morgan fingerprint density at radius 1 is 1.40 bits per heavy atom. The van der Waals surface area contributed by atoms with Gasteiger partial charge in [-0.2, -0.15) is 0 Å². The van der Waals surface area contributed by atoms with Crippen molar-refractivity contribution >= 4 is 5.91 Å². The summed E-state index contributed by atoms with van der Waals surface area (Å²) in [6, 6.07) is 0. The summed E-state index contributed by atoms with van der Waals surface area (Å²) in [4.78, 5) is 13.7. The van der Waals surface area contributed by atoms with E-state index in [0.717, 1.165) is 0 Å². The second kappa shape index (κ2) is 6.11. The maximum absolute atomic E-state index is 11.6. The summed E-state index contributed by atoms with van der Waals surface area (Å²) in [5, 5.41) is 2.92. The molecule has 0 radical (unpaired) electrons. The number of carbonyl (C=O) groups is 1. The summed E-state index contributed by atoms with van der Waals surface area (Å²) in [6.45, 7) is 6.34. The summed E-state index contributed by atoms with van der Waals surface area (Å²) >= 11 is 0. The fraction of sp³-hybridized carbons (Fsp3) is 0.786. The van der Waals surface area contributed by atoms with Crippen LogP contribution in [0.5, 0.6) is 0 Å². The molecule has 1 fully saturated rings. The Morgan fingerprint density at radius 3 is 2.70 bits per heavy atom. The lowest BCUT2D eigenvalue weighted by Gasteiger charge is -2.38. The minimum absolute atomic E-state index is 0.0153. The van der Waals surface area contributed by atoms with Crippen molar-refractivity contribution in [3.8, 4) is 0 Å².